The minimum atomic E-state index is -4.54. The van der Waals surface area contributed by atoms with Crippen molar-refractivity contribution in [1.82, 2.24) is 15.3 Å². The maximum atomic E-state index is 13.8. The Labute approximate surface area is 187 Å². The van der Waals surface area contributed by atoms with E-state index in [1.807, 2.05) is 6.92 Å². The number of halogens is 4. The molecule has 0 aliphatic carbocycles. The van der Waals surface area contributed by atoms with E-state index in [1.54, 1.807) is 6.07 Å². The van der Waals surface area contributed by atoms with E-state index in [9.17, 15) is 17.6 Å². The highest BCUT2D eigenvalue weighted by molar-refractivity contribution is 5.65. The minimum absolute atomic E-state index is 0.152. The molecule has 1 fully saturated rings. The molecule has 1 aromatic heterocycles. The molecule has 1 saturated heterocycles. The second-order valence-electron chi connectivity index (χ2n) is 8.42. The molecule has 0 bridgehead atoms. The molecule has 1 aliphatic rings. The third-order valence-corrected chi connectivity index (χ3v) is 5.87. The van der Waals surface area contributed by atoms with E-state index in [4.69, 9.17) is 4.74 Å². The van der Waals surface area contributed by atoms with Crippen molar-refractivity contribution in [3.8, 4) is 17.0 Å². The molecule has 1 aromatic carbocycles. The van der Waals surface area contributed by atoms with Gasteiger partial charge >= 0.3 is 6.18 Å². The van der Waals surface area contributed by atoms with Crippen LogP contribution in [0.1, 0.15) is 81.9 Å². The molecule has 8 heteroatoms. The number of nitrogens with one attached hydrogen (secondary N) is 2. The maximum absolute atomic E-state index is 13.8. The zero-order chi connectivity index (χ0) is 23.1. The Morgan fingerprint density at radius 3 is 2.50 bits per heavy atom. The second-order valence-corrected chi connectivity index (χ2v) is 8.42. The highest BCUT2D eigenvalue weighted by Crippen LogP contribution is 2.39. The van der Waals surface area contributed by atoms with Gasteiger partial charge in [-0.05, 0) is 31.0 Å². The van der Waals surface area contributed by atoms with Gasteiger partial charge in [0, 0.05) is 24.2 Å². The number of aromatic nitrogens is 2. The van der Waals surface area contributed by atoms with Gasteiger partial charge in [0.05, 0.1) is 23.9 Å². The number of aromatic amines is 1. The van der Waals surface area contributed by atoms with E-state index < -0.39 is 17.9 Å². The van der Waals surface area contributed by atoms with Gasteiger partial charge in [-0.15, -0.1) is 0 Å². The summed E-state index contributed by atoms with van der Waals surface area (Å²) in [7, 11) is 0. The molecule has 1 aliphatic heterocycles. The average Bonchev–Trinajstić information content (AvgIpc) is 3.38. The molecule has 178 valence electrons. The summed E-state index contributed by atoms with van der Waals surface area (Å²) in [5.74, 6) is 0.412. The summed E-state index contributed by atoms with van der Waals surface area (Å²) >= 11 is 0. The molecular weight excluding hydrogens is 422 g/mol. The van der Waals surface area contributed by atoms with Crippen molar-refractivity contribution in [2.45, 2.75) is 83.6 Å². The van der Waals surface area contributed by atoms with Gasteiger partial charge in [-0.25, -0.2) is 9.37 Å². The van der Waals surface area contributed by atoms with E-state index in [2.05, 4.69) is 22.2 Å². The minimum Gasteiger partial charge on any atom is -0.493 e. The summed E-state index contributed by atoms with van der Waals surface area (Å²) in [6.07, 6.45) is 1.63. The van der Waals surface area contributed by atoms with Crippen LogP contribution in [-0.2, 0) is 12.6 Å². The van der Waals surface area contributed by atoms with Gasteiger partial charge in [0.15, 0.2) is 0 Å². The van der Waals surface area contributed by atoms with Gasteiger partial charge in [-0.2, -0.15) is 13.2 Å². The molecule has 0 spiro atoms. The Hall–Kier alpha value is -2.09. The van der Waals surface area contributed by atoms with Gasteiger partial charge in [-0.3, -0.25) is 0 Å². The second kappa shape index (κ2) is 11.2. The summed E-state index contributed by atoms with van der Waals surface area (Å²) in [4.78, 5) is 7.71. The SMILES string of the molecule is CCCCCCCCOc1ccc(-c2nc(C3CC(F)CN3)[nH]c2CC)cc1C(F)(F)F. The van der Waals surface area contributed by atoms with Crippen molar-refractivity contribution < 1.29 is 22.3 Å². The van der Waals surface area contributed by atoms with Gasteiger partial charge in [0.25, 0.3) is 0 Å². The number of hydrogen-bond donors (Lipinski definition) is 2. The van der Waals surface area contributed by atoms with Crippen molar-refractivity contribution in [3.63, 3.8) is 0 Å². The molecule has 4 nitrogen and oxygen atoms in total. The topological polar surface area (TPSA) is 49.9 Å². The highest BCUT2D eigenvalue weighted by atomic mass is 19.4. The summed E-state index contributed by atoms with van der Waals surface area (Å²) in [6, 6.07) is 3.85. The van der Waals surface area contributed by atoms with Crippen LogP contribution in [0.5, 0.6) is 5.75 Å². The molecule has 2 atom stereocenters. The molecular formula is C24H33F4N3O. The Morgan fingerprint density at radius 1 is 1.09 bits per heavy atom. The van der Waals surface area contributed by atoms with E-state index >= 15 is 0 Å². The molecule has 3 rings (SSSR count). The quantitative estimate of drug-likeness (QED) is 0.290. The molecule has 2 unspecified atom stereocenters. The fourth-order valence-corrected chi connectivity index (χ4v) is 4.08. The van der Waals surface area contributed by atoms with E-state index in [0.29, 0.717) is 29.9 Å². The molecule has 2 heterocycles. The standard InChI is InChI=1S/C24H33F4N3O/c1-3-5-6-7-8-9-12-32-21-11-10-16(13-18(21)24(26,27)28)22-19(4-2)30-23(31-22)20-14-17(25)15-29-20/h10-11,13,17,20,29H,3-9,12,14-15H2,1-2H3,(H,30,31). The lowest BCUT2D eigenvalue weighted by Gasteiger charge is -2.15. The van der Waals surface area contributed by atoms with Crippen LogP contribution >= 0.6 is 0 Å². The fraction of sp³-hybridized carbons (Fsp3) is 0.625. The van der Waals surface area contributed by atoms with E-state index in [1.165, 1.54) is 12.5 Å². The third-order valence-electron chi connectivity index (χ3n) is 5.87. The van der Waals surface area contributed by atoms with Crippen molar-refractivity contribution in [1.29, 1.82) is 0 Å². The van der Waals surface area contributed by atoms with Crippen LogP contribution in [0.4, 0.5) is 17.6 Å². The summed E-state index contributed by atoms with van der Waals surface area (Å²) in [6.45, 7) is 4.57. The molecule has 2 aromatic rings. The first kappa shape index (κ1) is 24.6. The zero-order valence-corrected chi connectivity index (χ0v) is 18.8. The van der Waals surface area contributed by atoms with E-state index in [0.717, 1.165) is 43.9 Å². The summed E-state index contributed by atoms with van der Waals surface area (Å²) in [5.41, 5.74) is 0.784. The number of benzene rings is 1. The summed E-state index contributed by atoms with van der Waals surface area (Å²) < 4.78 is 60.4. The molecule has 32 heavy (non-hydrogen) atoms. The first-order valence-corrected chi connectivity index (χ1v) is 11.6. The Balaban J connectivity index is 1.76. The number of rotatable bonds is 11. The van der Waals surface area contributed by atoms with Crippen molar-refractivity contribution in [3.05, 3.63) is 35.3 Å². The smallest absolute Gasteiger partial charge is 0.419 e. The maximum Gasteiger partial charge on any atom is 0.419 e. The van der Waals surface area contributed by atoms with Gasteiger partial charge < -0.3 is 15.0 Å². The normalized spacial score (nSPS) is 18.9. The lowest BCUT2D eigenvalue weighted by atomic mass is 10.0. The number of unbranched alkanes of at least 4 members (excludes halogenated alkanes) is 5. The molecule has 0 saturated carbocycles. The lowest BCUT2D eigenvalue weighted by Crippen LogP contribution is -2.15. The van der Waals surface area contributed by atoms with Gasteiger partial charge in [0.2, 0.25) is 0 Å². The zero-order valence-electron chi connectivity index (χ0n) is 18.8. The number of imidazole rings is 1. The Morgan fingerprint density at radius 2 is 1.84 bits per heavy atom. The van der Waals surface area contributed by atoms with Gasteiger partial charge in [-0.1, -0.05) is 46.0 Å². The van der Waals surface area contributed by atoms with Crippen LogP contribution < -0.4 is 10.1 Å². The van der Waals surface area contributed by atoms with Crippen molar-refractivity contribution in [2.24, 2.45) is 0 Å². The van der Waals surface area contributed by atoms with Crippen LogP contribution in [-0.4, -0.2) is 29.3 Å². The lowest BCUT2D eigenvalue weighted by molar-refractivity contribution is -0.138. The van der Waals surface area contributed by atoms with Crippen LogP contribution in [0.15, 0.2) is 18.2 Å². The van der Waals surface area contributed by atoms with Crippen LogP contribution in [0, 0.1) is 0 Å². The number of ether oxygens (including phenoxy) is 1. The predicted octanol–water partition coefficient (Wildman–Crippen LogP) is 6.77. The first-order valence-electron chi connectivity index (χ1n) is 11.6. The largest absolute Gasteiger partial charge is 0.493 e. The average molecular weight is 456 g/mol. The number of hydrogen-bond acceptors (Lipinski definition) is 3. The van der Waals surface area contributed by atoms with Crippen LogP contribution in [0.25, 0.3) is 11.3 Å². The van der Waals surface area contributed by atoms with E-state index in [-0.39, 0.29) is 24.9 Å². The highest BCUT2D eigenvalue weighted by Gasteiger charge is 2.35. The fourth-order valence-electron chi connectivity index (χ4n) is 4.08. The monoisotopic (exact) mass is 455 g/mol. The number of nitrogens with zero attached hydrogens (tertiary/aromatic N) is 1. The Bertz CT molecular complexity index is 865. The molecule has 0 radical (unpaired) electrons. The molecule has 0 amide bonds. The first-order chi connectivity index (χ1) is 15.3. The Kier molecular flexibility index (Phi) is 8.57. The van der Waals surface area contributed by atoms with Crippen molar-refractivity contribution in [2.75, 3.05) is 13.2 Å². The third kappa shape index (κ3) is 6.24. The van der Waals surface area contributed by atoms with Gasteiger partial charge in [0.1, 0.15) is 17.7 Å². The number of alkyl halides is 4. The van der Waals surface area contributed by atoms with Crippen molar-refractivity contribution >= 4 is 0 Å². The number of H-pyrrole nitrogens is 1. The van der Waals surface area contributed by atoms with Crippen LogP contribution in [0.2, 0.25) is 0 Å². The summed E-state index contributed by atoms with van der Waals surface area (Å²) in [5, 5.41) is 3.06. The van der Waals surface area contributed by atoms with Crippen LogP contribution in [0.3, 0.4) is 0 Å². The predicted molar refractivity (Wildman–Crippen MR) is 118 cm³/mol. The molecule has 2 N–H and O–H groups in total. The number of aryl methyl sites for hydroxylation is 1.